The summed E-state index contributed by atoms with van der Waals surface area (Å²) in [4.78, 5) is 17.7. The lowest BCUT2D eigenvalue weighted by atomic mass is 10.2. The number of aryl methyl sites for hydroxylation is 1. The number of rotatable bonds is 6. The summed E-state index contributed by atoms with van der Waals surface area (Å²) in [5.41, 5.74) is 1.70. The van der Waals surface area contributed by atoms with Gasteiger partial charge in [-0.05, 0) is 49.1 Å². The van der Waals surface area contributed by atoms with Crippen molar-refractivity contribution in [1.29, 1.82) is 0 Å². The summed E-state index contributed by atoms with van der Waals surface area (Å²) >= 11 is 3.37. The van der Waals surface area contributed by atoms with Crippen LogP contribution in [0.4, 0.5) is 0 Å². The molecular formula is C24H26N2O3S3. The molecule has 3 aromatic rings. The number of hydrogen-bond donors (Lipinski definition) is 0. The Balaban J connectivity index is 1.45. The van der Waals surface area contributed by atoms with E-state index in [2.05, 4.69) is 11.4 Å². The molecule has 1 aliphatic heterocycles. The van der Waals surface area contributed by atoms with Gasteiger partial charge in [-0.2, -0.15) is 4.31 Å². The van der Waals surface area contributed by atoms with Crippen LogP contribution in [0.3, 0.4) is 0 Å². The molecule has 0 aliphatic carbocycles. The third-order valence-corrected chi connectivity index (χ3v) is 9.56. The topological polar surface area (TPSA) is 57.7 Å². The maximum Gasteiger partial charge on any atom is 0.255 e. The first kappa shape index (κ1) is 23.0. The van der Waals surface area contributed by atoms with E-state index in [-0.39, 0.29) is 5.91 Å². The fourth-order valence-electron chi connectivity index (χ4n) is 3.68. The number of benzene rings is 2. The van der Waals surface area contributed by atoms with E-state index in [0.717, 1.165) is 16.2 Å². The predicted octanol–water partition coefficient (Wildman–Crippen LogP) is 4.89. The first-order chi connectivity index (χ1) is 15.4. The normalized spacial score (nSPS) is 15.5. The van der Waals surface area contributed by atoms with Crippen LogP contribution in [-0.2, 0) is 15.8 Å². The van der Waals surface area contributed by atoms with E-state index in [1.54, 1.807) is 40.1 Å². The van der Waals surface area contributed by atoms with Crippen LogP contribution < -0.4 is 0 Å². The Morgan fingerprint density at radius 1 is 0.969 bits per heavy atom. The van der Waals surface area contributed by atoms with Crippen LogP contribution in [0, 0.1) is 6.92 Å². The van der Waals surface area contributed by atoms with Gasteiger partial charge in [-0.1, -0.05) is 35.9 Å². The minimum Gasteiger partial charge on any atom is -0.337 e. The fourth-order valence-corrected chi connectivity index (χ4v) is 6.97. The van der Waals surface area contributed by atoms with E-state index < -0.39 is 10.0 Å². The summed E-state index contributed by atoms with van der Waals surface area (Å²) in [7, 11) is -3.57. The van der Waals surface area contributed by atoms with E-state index in [9.17, 15) is 13.2 Å². The highest BCUT2D eigenvalue weighted by molar-refractivity contribution is 7.98. The lowest BCUT2D eigenvalue weighted by Crippen LogP contribution is -2.37. The average Bonchev–Trinajstić information content (AvgIpc) is 3.19. The van der Waals surface area contributed by atoms with Crippen molar-refractivity contribution in [2.75, 3.05) is 26.2 Å². The predicted molar refractivity (Wildman–Crippen MR) is 131 cm³/mol. The molecule has 8 heteroatoms. The van der Waals surface area contributed by atoms with Crippen molar-refractivity contribution in [3.63, 3.8) is 0 Å². The van der Waals surface area contributed by atoms with Crippen molar-refractivity contribution in [2.24, 2.45) is 0 Å². The van der Waals surface area contributed by atoms with Crippen LogP contribution >= 0.6 is 23.1 Å². The number of sulfonamides is 1. The third kappa shape index (κ3) is 5.26. The molecule has 0 spiro atoms. The molecule has 1 fully saturated rings. The van der Waals surface area contributed by atoms with Gasteiger partial charge in [0.05, 0.1) is 10.5 Å². The molecule has 0 bridgehead atoms. The summed E-state index contributed by atoms with van der Waals surface area (Å²) < 4.78 is 27.6. The smallest absolute Gasteiger partial charge is 0.255 e. The van der Waals surface area contributed by atoms with Gasteiger partial charge in [0.15, 0.2) is 0 Å². The van der Waals surface area contributed by atoms with Crippen molar-refractivity contribution in [1.82, 2.24) is 9.21 Å². The summed E-state index contributed by atoms with van der Waals surface area (Å²) in [6.07, 6.45) is 0.612. The zero-order chi connectivity index (χ0) is 22.6. The number of thiophene rings is 1. The number of nitrogens with zero attached hydrogens (tertiary/aromatic N) is 2. The highest BCUT2D eigenvalue weighted by Gasteiger charge is 2.29. The average molecular weight is 487 g/mol. The highest BCUT2D eigenvalue weighted by Crippen LogP contribution is 2.29. The minimum atomic E-state index is -3.57. The second-order valence-electron chi connectivity index (χ2n) is 7.73. The van der Waals surface area contributed by atoms with Gasteiger partial charge >= 0.3 is 0 Å². The molecule has 32 heavy (non-hydrogen) atoms. The Labute approximate surface area is 198 Å². The van der Waals surface area contributed by atoms with Crippen LogP contribution in [-0.4, -0.2) is 49.7 Å². The summed E-state index contributed by atoms with van der Waals surface area (Å²) in [6, 6.07) is 18.7. The molecule has 1 aromatic heterocycles. The van der Waals surface area contributed by atoms with E-state index in [1.807, 2.05) is 49.4 Å². The minimum absolute atomic E-state index is 0.0335. The Kier molecular flexibility index (Phi) is 7.35. The van der Waals surface area contributed by atoms with Crippen molar-refractivity contribution < 1.29 is 13.2 Å². The number of carbonyl (C=O) groups is 1. The van der Waals surface area contributed by atoms with Gasteiger partial charge in [0.2, 0.25) is 10.0 Å². The largest absolute Gasteiger partial charge is 0.337 e. The molecule has 168 valence electrons. The number of thioether (sulfide) groups is 1. The monoisotopic (exact) mass is 486 g/mol. The van der Waals surface area contributed by atoms with Gasteiger partial charge in [-0.25, -0.2) is 8.42 Å². The second kappa shape index (κ2) is 10.2. The fraction of sp³-hybridized carbons (Fsp3) is 0.292. The summed E-state index contributed by atoms with van der Waals surface area (Å²) in [5, 5.41) is 2.06. The van der Waals surface area contributed by atoms with Crippen LogP contribution in [0.1, 0.15) is 27.2 Å². The maximum atomic E-state index is 13.3. The van der Waals surface area contributed by atoms with E-state index >= 15 is 0 Å². The molecule has 1 aliphatic rings. The van der Waals surface area contributed by atoms with Gasteiger partial charge in [0.25, 0.3) is 5.91 Å². The molecule has 0 N–H and O–H groups in total. The van der Waals surface area contributed by atoms with Crippen molar-refractivity contribution in [2.45, 2.75) is 28.9 Å². The van der Waals surface area contributed by atoms with E-state index in [0.29, 0.717) is 43.1 Å². The van der Waals surface area contributed by atoms with Crippen LogP contribution in [0.25, 0.3) is 0 Å². The number of hydrogen-bond acceptors (Lipinski definition) is 5. The zero-order valence-electron chi connectivity index (χ0n) is 17.9. The summed E-state index contributed by atoms with van der Waals surface area (Å²) in [5.74, 6) is 0.790. The van der Waals surface area contributed by atoms with Crippen LogP contribution in [0.5, 0.6) is 0 Å². The lowest BCUT2D eigenvalue weighted by molar-refractivity contribution is 0.0761. The molecule has 1 amide bonds. The molecule has 1 saturated heterocycles. The Hall–Kier alpha value is -2.13. The molecule has 2 heterocycles. The Bertz CT molecular complexity index is 1160. The molecule has 0 unspecified atom stereocenters. The zero-order valence-corrected chi connectivity index (χ0v) is 20.4. The van der Waals surface area contributed by atoms with Gasteiger partial charge in [-0.3, -0.25) is 4.79 Å². The third-order valence-electron chi connectivity index (χ3n) is 5.47. The highest BCUT2D eigenvalue weighted by atomic mass is 32.2. The standard InChI is InChI=1S/C24H26N2O3S3/c1-19-9-11-21(12-10-19)32(28,29)26-14-5-13-25(15-16-26)24(27)22-7-2-3-8-23(22)31-18-20-6-4-17-30-20/h2-4,6-12,17H,5,13-16,18H2,1H3. The van der Waals surface area contributed by atoms with Gasteiger partial charge in [-0.15, -0.1) is 23.1 Å². The summed E-state index contributed by atoms with van der Waals surface area (Å²) in [6.45, 7) is 3.57. The number of carbonyl (C=O) groups excluding carboxylic acids is 1. The Morgan fingerprint density at radius 3 is 2.50 bits per heavy atom. The molecule has 0 saturated carbocycles. The molecular weight excluding hydrogens is 460 g/mol. The van der Waals surface area contributed by atoms with Gasteiger partial charge in [0.1, 0.15) is 0 Å². The molecule has 4 rings (SSSR count). The molecule has 2 aromatic carbocycles. The molecule has 0 radical (unpaired) electrons. The van der Waals surface area contributed by atoms with E-state index in [1.165, 1.54) is 9.18 Å². The molecule has 0 atom stereocenters. The van der Waals surface area contributed by atoms with Crippen molar-refractivity contribution in [3.8, 4) is 0 Å². The number of amides is 1. The maximum absolute atomic E-state index is 13.3. The van der Waals surface area contributed by atoms with Crippen molar-refractivity contribution >= 4 is 39.0 Å². The van der Waals surface area contributed by atoms with Crippen molar-refractivity contribution in [3.05, 3.63) is 82.0 Å². The van der Waals surface area contributed by atoms with Gasteiger partial charge < -0.3 is 4.90 Å². The quantitative estimate of drug-likeness (QED) is 0.466. The van der Waals surface area contributed by atoms with Crippen LogP contribution in [0.15, 0.2) is 75.8 Å². The van der Waals surface area contributed by atoms with Crippen LogP contribution in [0.2, 0.25) is 0 Å². The molecule has 5 nitrogen and oxygen atoms in total. The second-order valence-corrected chi connectivity index (χ2v) is 11.7. The first-order valence-electron chi connectivity index (χ1n) is 10.6. The van der Waals surface area contributed by atoms with Gasteiger partial charge in [0, 0.05) is 41.7 Å². The Morgan fingerprint density at radius 2 is 1.75 bits per heavy atom. The SMILES string of the molecule is Cc1ccc(S(=O)(=O)N2CCCN(C(=O)c3ccccc3SCc3cccs3)CC2)cc1. The first-order valence-corrected chi connectivity index (χ1v) is 13.9. The van der Waals surface area contributed by atoms with E-state index in [4.69, 9.17) is 0 Å². The lowest BCUT2D eigenvalue weighted by Gasteiger charge is -2.23.